The summed E-state index contributed by atoms with van der Waals surface area (Å²) in [4.78, 5) is 13.1. The fourth-order valence-electron chi connectivity index (χ4n) is 8.70. The second kappa shape index (κ2) is 27.8. The van der Waals surface area contributed by atoms with Crippen LogP contribution in [0.25, 0.3) is 0 Å². The van der Waals surface area contributed by atoms with Crippen LogP contribution in [0.5, 0.6) is 0 Å². The van der Waals surface area contributed by atoms with Gasteiger partial charge in [0, 0.05) is 6.92 Å². The molecule has 72 heavy (non-hydrogen) atoms. The zero-order chi connectivity index (χ0) is 49.7. The molecular formula is C60H66O12. The normalized spacial score (nSPS) is 24.5. The van der Waals surface area contributed by atoms with E-state index in [-0.39, 0.29) is 46.2 Å². The highest BCUT2D eigenvalue weighted by atomic mass is 16.8. The quantitative estimate of drug-likeness (QED) is 0.0380. The third kappa shape index (κ3) is 15.6. The van der Waals surface area contributed by atoms with Crippen LogP contribution in [0.3, 0.4) is 0 Å². The van der Waals surface area contributed by atoms with Gasteiger partial charge in [0.2, 0.25) is 0 Å². The fraction of sp³-hybridized carbons (Fsp3) is 0.350. The number of rotatable bonds is 26. The number of hydrogen-bond donors (Lipinski definition) is 0. The summed E-state index contributed by atoms with van der Waals surface area (Å²) in [6.45, 7) is 8.66. The molecule has 8 rings (SSSR count). The maximum absolute atomic E-state index is 13.1. The average Bonchev–Trinajstić information content (AvgIpc) is 3.42. The third-order valence-corrected chi connectivity index (χ3v) is 12.4. The highest BCUT2D eigenvalue weighted by Gasteiger charge is 2.55. The molecule has 0 aromatic heterocycles. The Balaban J connectivity index is 1.21. The van der Waals surface area contributed by atoms with Gasteiger partial charge in [0.15, 0.2) is 18.7 Å². The lowest BCUT2D eigenvalue weighted by Gasteiger charge is -2.50. The Kier molecular flexibility index (Phi) is 20.3. The lowest BCUT2D eigenvalue weighted by molar-refractivity contribution is -0.377. The van der Waals surface area contributed by atoms with Crippen molar-refractivity contribution in [1.29, 1.82) is 0 Å². The molecule has 2 heterocycles. The fourth-order valence-corrected chi connectivity index (χ4v) is 8.70. The van der Waals surface area contributed by atoms with Gasteiger partial charge in [0.05, 0.1) is 59.0 Å². The highest BCUT2D eigenvalue weighted by Crippen LogP contribution is 2.37. The Morgan fingerprint density at radius 2 is 0.778 bits per heavy atom. The first-order valence-corrected chi connectivity index (χ1v) is 24.7. The summed E-state index contributed by atoms with van der Waals surface area (Å²) in [6, 6.07) is 59.2. The minimum Gasteiger partial charge on any atom is -0.457 e. The second-order valence-corrected chi connectivity index (χ2v) is 17.9. The van der Waals surface area contributed by atoms with Crippen LogP contribution in [0.15, 0.2) is 195 Å². The predicted molar refractivity (Wildman–Crippen MR) is 271 cm³/mol. The Hall–Kier alpha value is -5.87. The average molecular weight is 979 g/mol. The standard InChI is InChI=1S/C60H66O12/c1-4-43(2)68-59-57(66-39-49-31-19-9-20-32-49)56(65-38-48-29-17-8-18-30-48)54(52(70-59)42-63-36-46-25-13-6-14-26-46)72-60-58(67-40-50-33-21-10-22-34-50)55(64-37-47-27-15-7-16-28-47)53(69-44(3)61)51(71-60)41-62-35-45-23-11-5-12-24-45/h4-34,43,51-60H,1,35-42H2,2-3H3/t43?,51-,52-,53-,54-,55+,56+,57-,58-,59-,60-/m1/s1. The summed E-state index contributed by atoms with van der Waals surface area (Å²) in [5, 5.41) is 0. The number of esters is 1. The summed E-state index contributed by atoms with van der Waals surface area (Å²) in [7, 11) is 0. The number of benzene rings is 6. The second-order valence-electron chi connectivity index (χ2n) is 17.9. The van der Waals surface area contributed by atoms with E-state index in [0.29, 0.717) is 6.61 Å². The monoisotopic (exact) mass is 978 g/mol. The molecule has 11 atom stereocenters. The number of hydrogen-bond acceptors (Lipinski definition) is 12. The zero-order valence-corrected chi connectivity index (χ0v) is 41.0. The molecule has 0 bridgehead atoms. The van der Waals surface area contributed by atoms with Crippen LogP contribution in [0.2, 0.25) is 0 Å². The molecule has 6 aromatic rings. The molecule has 0 spiro atoms. The van der Waals surface area contributed by atoms with Crippen LogP contribution in [0, 0.1) is 0 Å². The van der Waals surface area contributed by atoms with Gasteiger partial charge in [-0.3, -0.25) is 4.79 Å². The van der Waals surface area contributed by atoms with Crippen LogP contribution in [-0.2, 0) is 96.5 Å². The van der Waals surface area contributed by atoms with E-state index in [0.717, 1.165) is 33.4 Å². The van der Waals surface area contributed by atoms with Gasteiger partial charge >= 0.3 is 5.97 Å². The SMILES string of the molecule is C=CC(C)O[C@@H]1O[C@H](COCc2ccccc2)[C@@H](O[C@H]2O[C@H](COCc3ccccc3)[C@@H](OC(C)=O)[C@H](OCc3ccccc3)[C@H]2OCc2ccccc2)[C@H](OCc2ccccc2)[C@H]1OCc1ccccc1. The van der Waals surface area contributed by atoms with Crippen molar-refractivity contribution in [2.45, 2.75) is 121 Å². The lowest BCUT2D eigenvalue weighted by atomic mass is 9.95. The van der Waals surface area contributed by atoms with Gasteiger partial charge in [0.1, 0.15) is 42.7 Å². The topological polar surface area (TPSA) is 119 Å². The van der Waals surface area contributed by atoms with Gasteiger partial charge < -0.3 is 52.1 Å². The van der Waals surface area contributed by atoms with Crippen molar-refractivity contribution in [3.8, 4) is 0 Å². The van der Waals surface area contributed by atoms with Gasteiger partial charge in [-0.1, -0.05) is 188 Å². The lowest BCUT2D eigenvalue weighted by Crippen LogP contribution is -2.66. The van der Waals surface area contributed by atoms with Gasteiger partial charge in [-0.2, -0.15) is 0 Å². The maximum Gasteiger partial charge on any atom is 0.303 e. The largest absolute Gasteiger partial charge is 0.457 e. The van der Waals surface area contributed by atoms with Gasteiger partial charge in [-0.25, -0.2) is 0 Å². The Morgan fingerprint density at radius 3 is 1.15 bits per heavy atom. The molecule has 0 amide bonds. The van der Waals surface area contributed by atoms with Crippen molar-refractivity contribution in [1.82, 2.24) is 0 Å². The van der Waals surface area contributed by atoms with Gasteiger partial charge in [0.25, 0.3) is 0 Å². The van der Waals surface area contributed by atoms with Crippen molar-refractivity contribution in [2.75, 3.05) is 13.2 Å². The minimum atomic E-state index is -1.20. The molecule has 12 nitrogen and oxygen atoms in total. The number of carbonyl (C=O) groups is 1. The van der Waals surface area contributed by atoms with Gasteiger partial charge in [-0.15, -0.1) is 6.58 Å². The van der Waals surface area contributed by atoms with Crippen molar-refractivity contribution in [3.05, 3.63) is 228 Å². The first-order valence-electron chi connectivity index (χ1n) is 24.7. The van der Waals surface area contributed by atoms with Gasteiger partial charge in [-0.05, 0) is 40.3 Å². The molecule has 0 aliphatic carbocycles. The van der Waals surface area contributed by atoms with Crippen molar-refractivity contribution in [3.63, 3.8) is 0 Å². The molecule has 0 radical (unpaired) electrons. The highest BCUT2D eigenvalue weighted by molar-refractivity contribution is 5.66. The van der Waals surface area contributed by atoms with Crippen LogP contribution in [0.4, 0.5) is 0 Å². The minimum absolute atomic E-state index is 0.0141. The summed E-state index contributed by atoms with van der Waals surface area (Å²) >= 11 is 0. The Bertz CT molecular complexity index is 2450. The van der Waals surface area contributed by atoms with Crippen molar-refractivity contribution >= 4 is 5.97 Å². The molecule has 378 valence electrons. The van der Waals surface area contributed by atoms with E-state index in [2.05, 4.69) is 6.58 Å². The molecule has 12 heteroatoms. The molecule has 2 saturated heterocycles. The summed E-state index contributed by atoms with van der Waals surface area (Å²) in [5.74, 6) is -0.518. The molecular weight excluding hydrogens is 913 g/mol. The predicted octanol–water partition coefficient (Wildman–Crippen LogP) is 10.1. The molecule has 1 unspecified atom stereocenters. The maximum atomic E-state index is 13.1. The van der Waals surface area contributed by atoms with Crippen molar-refractivity contribution in [2.24, 2.45) is 0 Å². The number of carbonyl (C=O) groups excluding carboxylic acids is 1. The van der Waals surface area contributed by atoms with Crippen LogP contribution in [-0.4, -0.2) is 86.7 Å². The first kappa shape index (κ1) is 52.5. The number of ether oxygens (including phenoxy) is 11. The Labute approximate surface area is 423 Å². The van der Waals surface area contributed by atoms with E-state index in [1.54, 1.807) is 6.08 Å². The zero-order valence-electron chi connectivity index (χ0n) is 41.0. The van der Waals surface area contributed by atoms with Crippen LogP contribution < -0.4 is 0 Å². The molecule has 0 N–H and O–H groups in total. The molecule has 2 fully saturated rings. The van der Waals surface area contributed by atoms with E-state index in [1.807, 2.05) is 189 Å². The van der Waals surface area contributed by atoms with E-state index in [1.165, 1.54) is 6.92 Å². The Morgan fingerprint density at radius 1 is 0.458 bits per heavy atom. The molecule has 2 aliphatic rings. The molecule has 0 saturated carbocycles. The summed E-state index contributed by atoms with van der Waals surface area (Å²) < 4.78 is 74.9. The van der Waals surface area contributed by atoms with E-state index in [4.69, 9.17) is 52.1 Å². The third-order valence-electron chi connectivity index (χ3n) is 12.4. The smallest absolute Gasteiger partial charge is 0.303 e. The molecule has 6 aromatic carbocycles. The van der Waals surface area contributed by atoms with E-state index >= 15 is 0 Å². The van der Waals surface area contributed by atoms with Crippen LogP contribution in [0.1, 0.15) is 47.2 Å². The van der Waals surface area contributed by atoms with Crippen LogP contribution >= 0.6 is 0 Å². The summed E-state index contributed by atoms with van der Waals surface area (Å²) in [5.41, 5.74) is 5.64. The van der Waals surface area contributed by atoms with Crippen molar-refractivity contribution < 1.29 is 56.9 Å². The van der Waals surface area contributed by atoms with E-state index < -0.39 is 73.5 Å². The van der Waals surface area contributed by atoms with E-state index in [9.17, 15) is 4.79 Å². The molecule has 2 aliphatic heterocycles. The summed E-state index contributed by atoms with van der Waals surface area (Å²) in [6.07, 6.45) is -8.18. The first-order chi connectivity index (χ1) is 35.4.